The van der Waals surface area contributed by atoms with Crippen LogP contribution in [0.3, 0.4) is 0 Å². The van der Waals surface area contributed by atoms with Gasteiger partial charge in [-0.1, -0.05) is 12.1 Å². The fourth-order valence-corrected chi connectivity index (χ4v) is 4.12. The van der Waals surface area contributed by atoms with Gasteiger partial charge >= 0.3 is 0 Å². The van der Waals surface area contributed by atoms with Crippen LogP contribution in [-0.2, 0) is 10.2 Å². The van der Waals surface area contributed by atoms with E-state index in [0.717, 1.165) is 58.2 Å². The molecule has 3 heterocycles. The fraction of sp³-hybridized carbons (Fsp3) is 0.333. The number of ether oxygens (including phenoxy) is 1. The van der Waals surface area contributed by atoms with E-state index in [0.29, 0.717) is 5.92 Å². The first-order chi connectivity index (χ1) is 14.4. The van der Waals surface area contributed by atoms with Crippen molar-refractivity contribution in [3.63, 3.8) is 0 Å². The second-order valence-corrected chi connectivity index (χ2v) is 8.57. The Balaban J connectivity index is 1.63. The molecule has 1 amide bonds. The molecule has 6 heteroatoms. The van der Waals surface area contributed by atoms with Gasteiger partial charge in [0, 0.05) is 29.9 Å². The first kappa shape index (κ1) is 18.7. The molecule has 0 unspecified atom stereocenters. The van der Waals surface area contributed by atoms with E-state index in [4.69, 9.17) is 4.74 Å². The van der Waals surface area contributed by atoms with Crippen molar-refractivity contribution < 1.29 is 9.53 Å². The molecule has 3 aromatic rings. The van der Waals surface area contributed by atoms with Crippen LogP contribution in [0.1, 0.15) is 49.7 Å². The average Bonchev–Trinajstić information content (AvgIpc) is 3.56. The van der Waals surface area contributed by atoms with Crippen LogP contribution in [-0.4, -0.2) is 28.0 Å². The molecule has 1 aromatic carbocycles. The smallest absolute Gasteiger partial charge is 0.241 e. The van der Waals surface area contributed by atoms with Crippen LogP contribution in [0.5, 0.6) is 5.75 Å². The molecule has 1 saturated carbocycles. The van der Waals surface area contributed by atoms with Gasteiger partial charge in [-0.25, -0.2) is 9.97 Å². The summed E-state index contributed by atoms with van der Waals surface area (Å²) in [5.41, 5.74) is 4.84. The molecule has 0 radical (unpaired) electrons. The highest BCUT2D eigenvalue weighted by Crippen LogP contribution is 2.49. The van der Waals surface area contributed by atoms with E-state index in [9.17, 15) is 4.79 Å². The Morgan fingerprint density at radius 2 is 1.77 bits per heavy atom. The average molecular weight is 400 g/mol. The number of methoxy groups -OCH3 is 1. The normalized spacial score (nSPS) is 17.2. The summed E-state index contributed by atoms with van der Waals surface area (Å²) in [6, 6.07) is 8.04. The molecule has 2 aromatic heterocycles. The van der Waals surface area contributed by atoms with Crippen molar-refractivity contribution >= 4 is 17.3 Å². The highest BCUT2D eigenvalue weighted by Gasteiger charge is 2.45. The zero-order chi connectivity index (χ0) is 21.0. The Morgan fingerprint density at radius 3 is 2.43 bits per heavy atom. The largest absolute Gasteiger partial charge is 0.495 e. The van der Waals surface area contributed by atoms with E-state index < -0.39 is 5.41 Å². The Labute approximate surface area is 176 Å². The molecular weight excluding hydrogens is 376 g/mol. The minimum absolute atomic E-state index is 0.0258. The van der Waals surface area contributed by atoms with E-state index in [2.05, 4.69) is 15.0 Å². The van der Waals surface area contributed by atoms with E-state index in [-0.39, 0.29) is 5.91 Å². The number of hydrogen-bond acceptors (Lipinski definition) is 5. The molecule has 2 aliphatic rings. The first-order valence-electron chi connectivity index (χ1n) is 10.2. The second-order valence-electron chi connectivity index (χ2n) is 8.57. The number of carbonyl (C=O) groups excluding carboxylic acids is 1. The van der Waals surface area contributed by atoms with Gasteiger partial charge in [-0.15, -0.1) is 0 Å². The molecule has 1 aliphatic heterocycles. The standard InChI is InChI=1S/C24H24N4O2/c1-14-25-11-17(12-26-14)16-7-8-19-20(9-16)28(23(29)24(19,2)3)18-10-21(30-4)22(27-13-18)15-5-6-15/h7-13,15H,5-6H2,1-4H3. The van der Waals surface area contributed by atoms with Gasteiger partial charge < -0.3 is 4.74 Å². The van der Waals surface area contributed by atoms with Gasteiger partial charge in [0.15, 0.2) is 0 Å². The van der Waals surface area contributed by atoms with Crippen LogP contribution < -0.4 is 9.64 Å². The number of hydrogen-bond donors (Lipinski definition) is 0. The van der Waals surface area contributed by atoms with Gasteiger partial charge in [-0.3, -0.25) is 14.7 Å². The van der Waals surface area contributed by atoms with Crippen LogP contribution in [0.4, 0.5) is 11.4 Å². The molecule has 0 N–H and O–H groups in total. The molecule has 0 bridgehead atoms. The lowest BCUT2D eigenvalue weighted by Gasteiger charge is -2.21. The maximum atomic E-state index is 13.4. The topological polar surface area (TPSA) is 68.2 Å². The number of aromatic nitrogens is 3. The minimum atomic E-state index is -0.625. The predicted octanol–water partition coefficient (Wildman–Crippen LogP) is 4.69. The number of rotatable bonds is 4. The van der Waals surface area contributed by atoms with Crippen molar-refractivity contribution in [2.24, 2.45) is 0 Å². The van der Waals surface area contributed by atoms with Gasteiger partial charge in [0.1, 0.15) is 11.6 Å². The number of nitrogens with zero attached hydrogens (tertiary/aromatic N) is 4. The summed E-state index contributed by atoms with van der Waals surface area (Å²) >= 11 is 0. The zero-order valence-corrected chi connectivity index (χ0v) is 17.6. The van der Waals surface area contributed by atoms with Crippen molar-refractivity contribution in [1.82, 2.24) is 15.0 Å². The van der Waals surface area contributed by atoms with E-state index in [1.54, 1.807) is 18.2 Å². The van der Waals surface area contributed by atoms with Crippen molar-refractivity contribution in [2.75, 3.05) is 12.0 Å². The predicted molar refractivity (Wildman–Crippen MR) is 115 cm³/mol. The van der Waals surface area contributed by atoms with E-state index in [1.165, 1.54) is 0 Å². The molecule has 0 spiro atoms. The van der Waals surface area contributed by atoms with Crippen LogP contribution in [0, 0.1) is 6.92 Å². The minimum Gasteiger partial charge on any atom is -0.495 e. The summed E-state index contributed by atoms with van der Waals surface area (Å²) in [5.74, 6) is 1.97. The Hall–Kier alpha value is -3.28. The van der Waals surface area contributed by atoms with E-state index in [1.807, 2.05) is 57.4 Å². The molecule has 6 nitrogen and oxygen atoms in total. The summed E-state index contributed by atoms with van der Waals surface area (Å²) in [6.07, 6.45) is 7.70. The lowest BCUT2D eigenvalue weighted by molar-refractivity contribution is -0.121. The van der Waals surface area contributed by atoms with Crippen molar-refractivity contribution in [3.05, 3.63) is 59.9 Å². The number of benzene rings is 1. The monoisotopic (exact) mass is 400 g/mol. The third kappa shape index (κ3) is 2.86. The van der Waals surface area contributed by atoms with Gasteiger partial charge in [-0.05, 0) is 50.8 Å². The Kier molecular flexibility index (Phi) is 4.13. The SMILES string of the molecule is COc1cc(N2C(=O)C(C)(C)c3ccc(-c4cnc(C)nc4)cc32)cnc1C1CC1. The molecule has 0 atom stereocenters. The molecule has 1 aliphatic carbocycles. The summed E-state index contributed by atoms with van der Waals surface area (Å²) in [4.78, 5) is 28.5. The molecule has 152 valence electrons. The lowest BCUT2D eigenvalue weighted by Crippen LogP contribution is -2.33. The number of amides is 1. The number of fused-ring (bicyclic) bond motifs is 1. The molecule has 1 fully saturated rings. The Morgan fingerprint density at radius 1 is 1.03 bits per heavy atom. The zero-order valence-electron chi connectivity index (χ0n) is 17.6. The highest BCUT2D eigenvalue weighted by atomic mass is 16.5. The summed E-state index contributed by atoms with van der Waals surface area (Å²) < 4.78 is 5.61. The quantitative estimate of drug-likeness (QED) is 0.636. The van der Waals surface area contributed by atoms with Gasteiger partial charge in [-0.2, -0.15) is 0 Å². The number of aryl methyl sites for hydroxylation is 1. The van der Waals surface area contributed by atoms with Crippen LogP contribution in [0.15, 0.2) is 42.9 Å². The molecule has 30 heavy (non-hydrogen) atoms. The van der Waals surface area contributed by atoms with Gasteiger partial charge in [0.05, 0.1) is 35.8 Å². The van der Waals surface area contributed by atoms with Crippen LogP contribution in [0.25, 0.3) is 11.1 Å². The number of pyridine rings is 1. The molecule has 0 saturated heterocycles. The summed E-state index contributed by atoms with van der Waals surface area (Å²) in [7, 11) is 1.66. The fourth-order valence-electron chi connectivity index (χ4n) is 4.12. The summed E-state index contributed by atoms with van der Waals surface area (Å²) in [6.45, 7) is 5.79. The van der Waals surface area contributed by atoms with Gasteiger partial charge in [0.2, 0.25) is 5.91 Å². The number of anilines is 2. The van der Waals surface area contributed by atoms with Crippen molar-refractivity contribution in [1.29, 1.82) is 0 Å². The first-order valence-corrected chi connectivity index (χ1v) is 10.2. The second kappa shape index (κ2) is 6.62. The third-order valence-corrected chi connectivity index (χ3v) is 6.07. The Bertz CT molecular complexity index is 1150. The van der Waals surface area contributed by atoms with Crippen LogP contribution >= 0.6 is 0 Å². The highest BCUT2D eigenvalue weighted by molar-refractivity contribution is 6.13. The molecular formula is C24H24N4O2. The van der Waals surface area contributed by atoms with Crippen molar-refractivity contribution in [2.45, 2.75) is 44.9 Å². The van der Waals surface area contributed by atoms with Gasteiger partial charge in [0.25, 0.3) is 0 Å². The molecule has 5 rings (SSSR count). The summed E-state index contributed by atoms with van der Waals surface area (Å²) in [5, 5.41) is 0. The van der Waals surface area contributed by atoms with Crippen molar-refractivity contribution in [3.8, 4) is 16.9 Å². The maximum Gasteiger partial charge on any atom is 0.241 e. The van der Waals surface area contributed by atoms with E-state index >= 15 is 0 Å². The van der Waals surface area contributed by atoms with Crippen LogP contribution in [0.2, 0.25) is 0 Å². The third-order valence-electron chi connectivity index (χ3n) is 6.07. The number of carbonyl (C=O) groups is 1. The maximum absolute atomic E-state index is 13.4. The lowest BCUT2D eigenvalue weighted by atomic mass is 9.85.